The molecule has 3 rings (SSSR count). The van der Waals surface area contributed by atoms with Crippen LogP contribution in [0.3, 0.4) is 0 Å². The van der Waals surface area contributed by atoms with Crippen molar-refractivity contribution in [2.75, 3.05) is 19.6 Å². The third-order valence-corrected chi connectivity index (χ3v) is 5.49. The van der Waals surface area contributed by atoms with Gasteiger partial charge in [0, 0.05) is 62.9 Å². The minimum Gasteiger partial charge on any atom is -0.478 e. The SMILES string of the molecule is Cc1ccc(CNCC2(F)CCN(C(=O)c3ccc(F)c(Cl)c3)CC2)nc1.O=C(O)C=CC(=O)O. The maximum atomic E-state index is 15.0. The summed E-state index contributed by atoms with van der Waals surface area (Å²) in [6, 6.07) is 7.77. The molecule has 1 saturated heterocycles. The summed E-state index contributed by atoms with van der Waals surface area (Å²) < 4.78 is 28.3. The van der Waals surface area contributed by atoms with Gasteiger partial charge in [-0.05, 0) is 36.8 Å². The molecule has 0 spiro atoms. The van der Waals surface area contributed by atoms with Gasteiger partial charge in [-0.25, -0.2) is 18.4 Å². The number of likely N-dealkylation sites (tertiary alicyclic amines) is 1. The van der Waals surface area contributed by atoms with E-state index in [0.29, 0.717) is 37.3 Å². The van der Waals surface area contributed by atoms with E-state index in [1.54, 1.807) is 11.1 Å². The minimum atomic E-state index is -1.36. The van der Waals surface area contributed by atoms with Gasteiger partial charge < -0.3 is 20.4 Å². The summed E-state index contributed by atoms with van der Waals surface area (Å²) in [4.78, 5) is 37.5. The van der Waals surface area contributed by atoms with Crippen molar-refractivity contribution in [1.29, 1.82) is 0 Å². The molecular formula is C24H26ClF2N3O5. The molecule has 1 aliphatic rings. The zero-order valence-electron chi connectivity index (χ0n) is 19.0. The predicted molar refractivity (Wildman–Crippen MR) is 125 cm³/mol. The van der Waals surface area contributed by atoms with Crippen molar-refractivity contribution >= 4 is 29.4 Å². The van der Waals surface area contributed by atoms with Gasteiger partial charge in [0.2, 0.25) is 0 Å². The first-order valence-electron chi connectivity index (χ1n) is 10.7. The summed E-state index contributed by atoms with van der Waals surface area (Å²) in [6.07, 6.45) is 3.41. The summed E-state index contributed by atoms with van der Waals surface area (Å²) >= 11 is 5.74. The third-order valence-electron chi connectivity index (χ3n) is 5.20. The summed E-state index contributed by atoms with van der Waals surface area (Å²) in [5.41, 5.74) is 0.906. The van der Waals surface area contributed by atoms with Crippen molar-refractivity contribution in [1.82, 2.24) is 15.2 Å². The average Bonchev–Trinajstić information content (AvgIpc) is 2.81. The molecule has 1 amide bonds. The molecule has 11 heteroatoms. The van der Waals surface area contributed by atoms with E-state index >= 15 is 4.39 Å². The Morgan fingerprint density at radius 2 is 1.77 bits per heavy atom. The number of halogens is 3. The molecule has 0 saturated carbocycles. The molecule has 1 fully saturated rings. The first-order valence-corrected chi connectivity index (χ1v) is 11.1. The second-order valence-corrected chi connectivity index (χ2v) is 8.42. The number of benzene rings is 1. The number of hydrogen-bond donors (Lipinski definition) is 3. The minimum absolute atomic E-state index is 0.0911. The normalized spacial score (nSPS) is 14.8. The molecule has 188 valence electrons. The fourth-order valence-electron chi connectivity index (χ4n) is 3.26. The fraction of sp³-hybridized carbons (Fsp3) is 0.333. The number of piperidine rings is 1. The zero-order valence-corrected chi connectivity index (χ0v) is 19.8. The standard InChI is InChI=1S/C20H22ClF2N3O.C4H4O4/c1-14-2-4-16(25-11-14)12-24-13-20(23)6-8-26(9-7-20)19(27)15-3-5-18(22)17(21)10-15;5-3(6)1-2-4(7)8/h2-5,10-11,24H,6-9,12-13H2,1H3;1-2H,(H,5,6)(H,7,8). The second kappa shape index (κ2) is 12.9. The lowest BCUT2D eigenvalue weighted by atomic mass is 9.92. The van der Waals surface area contributed by atoms with Gasteiger partial charge in [0.25, 0.3) is 5.91 Å². The largest absolute Gasteiger partial charge is 0.478 e. The second-order valence-electron chi connectivity index (χ2n) is 8.01. The van der Waals surface area contributed by atoms with E-state index in [1.807, 2.05) is 19.1 Å². The molecular weight excluding hydrogens is 484 g/mol. The number of nitrogens with zero attached hydrogens (tertiary/aromatic N) is 2. The number of aromatic nitrogens is 1. The Morgan fingerprint density at radius 3 is 2.29 bits per heavy atom. The molecule has 0 aliphatic carbocycles. The van der Waals surface area contributed by atoms with Crippen LogP contribution in [-0.4, -0.2) is 63.2 Å². The predicted octanol–water partition coefficient (Wildman–Crippen LogP) is 3.63. The Hall–Kier alpha value is -3.37. The maximum absolute atomic E-state index is 15.0. The van der Waals surface area contributed by atoms with Crippen LogP contribution >= 0.6 is 11.6 Å². The lowest BCUT2D eigenvalue weighted by molar-refractivity contribution is -0.134. The molecule has 1 aromatic carbocycles. The van der Waals surface area contributed by atoms with Gasteiger partial charge in [0.05, 0.1) is 10.7 Å². The van der Waals surface area contributed by atoms with Gasteiger partial charge in [-0.1, -0.05) is 17.7 Å². The van der Waals surface area contributed by atoms with Crippen LogP contribution in [0.5, 0.6) is 0 Å². The van der Waals surface area contributed by atoms with Crippen LogP contribution in [0.4, 0.5) is 8.78 Å². The van der Waals surface area contributed by atoms with Crippen LogP contribution < -0.4 is 5.32 Å². The van der Waals surface area contributed by atoms with Crippen molar-refractivity contribution in [3.8, 4) is 0 Å². The molecule has 1 aliphatic heterocycles. The molecule has 0 radical (unpaired) electrons. The van der Waals surface area contributed by atoms with Crippen LogP contribution in [0.25, 0.3) is 0 Å². The lowest BCUT2D eigenvalue weighted by Gasteiger charge is -2.36. The fourth-order valence-corrected chi connectivity index (χ4v) is 3.44. The molecule has 0 bridgehead atoms. The van der Waals surface area contributed by atoms with E-state index in [2.05, 4.69) is 10.3 Å². The van der Waals surface area contributed by atoms with Gasteiger partial charge in [-0.15, -0.1) is 0 Å². The highest BCUT2D eigenvalue weighted by Crippen LogP contribution is 2.27. The average molecular weight is 510 g/mol. The molecule has 2 heterocycles. The number of aliphatic carboxylic acids is 2. The van der Waals surface area contributed by atoms with Crippen molar-refractivity contribution in [2.45, 2.75) is 32.0 Å². The van der Waals surface area contributed by atoms with E-state index in [0.717, 1.165) is 11.3 Å². The van der Waals surface area contributed by atoms with Crippen LogP contribution in [0.2, 0.25) is 5.02 Å². The number of rotatable bonds is 7. The van der Waals surface area contributed by atoms with E-state index < -0.39 is 23.4 Å². The van der Waals surface area contributed by atoms with E-state index in [9.17, 15) is 18.8 Å². The summed E-state index contributed by atoms with van der Waals surface area (Å²) in [6.45, 7) is 3.31. The number of amides is 1. The Bertz CT molecular complexity index is 1060. The van der Waals surface area contributed by atoms with E-state index in [-0.39, 0.29) is 30.3 Å². The number of hydrogen-bond acceptors (Lipinski definition) is 5. The van der Waals surface area contributed by atoms with Crippen LogP contribution in [0.1, 0.15) is 34.5 Å². The molecule has 2 aromatic rings. The molecule has 3 N–H and O–H groups in total. The highest BCUT2D eigenvalue weighted by molar-refractivity contribution is 6.31. The summed E-state index contributed by atoms with van der Waals surface area (Å²) in [7, 11) is 0. The number of alkyl halides is 1. The van der Waals surface area contributed by atoms with Crippen LogP contribution in [0.15, 0.2) is 48.7 Å². The van der Waals surface area contributed by atoms with Gasteiger partial charge in [0.15, 0.2) is 0 Å². The van der Waals surface area contributed by atoms with Crippen LogP contribution in [0, 0.1) is 12.7 Å². The van der Waals surface area contributed by atoms with E-state index in [4.69, 9.17) is 21.8 Å². The van der Waals surface area contributed by atoms with Crippen molar-refractivity contribution in [3.63, 3.8) is 0 Å². The quantitative estimate of drug-likeness (QED) is 0.487. The van der Waals surface area contributed by atoms with Gasteiger partial charge in [-0.2, -0.15) is 0 Å². The molecule has 0 atom stereocenters. The summed E-state index contributed by atoms with van der Waals surface area (Å²) in [5, 5.41) is 18.7. The molecule has 0 unspecified atom stereocenters. The number of pyridine rings is 1. The third kappa shape index (κ3) is 9.42. The van der Waals surface area contributed by atoms with Crippen LogP contribution in [-0.2, 0) is 16.1 Å². The number of nitrogens with one attached hydrogen (secondary N) is 1. The van der Waals surface area contributed by atoms with E-state index in [1.165, 1.54) is 18.2 Å². The van der Waals surface area contributed by atoms with Crippen molar-refractivity contribution < 1.29 is 33.4 Å². The number of carboxylic acids is 2. The number of carboxylic acid groups (broad SMARTS) is 2. The smallest absolute Gasteiger partial charge is 0.328 e. The first kappa shape index (κ1) is 27.9. The Morgan fingerprint density at radius 1 is 1.14 bits per heavy atom. The highest BCUT2D eigenvalue weighted by atomic mass is 35.5. The van der Waals surface area contributed by atoms with Gasteiger partial charge >= 0.3 is 11.9 Å². The summed E-state index contributed by atoms with van der Waals surface area (Å²) in [5.74, 6) is -3.33. The Labute approximate surface area is 206 Å². The number of carbonyl (C=O) groups is 3. The number of carbonyl (C=O) groups excluding carboxylic acids is 1. The monoisotopic (exact) mass is 509 g/mol. The van der Waals surface area contributed by atoms with Crippen molar-refractivity contribution in [3.05, 3.63) is 76.3 Å². The van der Waals surface area contributed by atoms with Gasteiger partial charge in [-0.3, -0.25) is 9.78 Å². The Balaban J connectivity index is 0.000000466. The molecule has 8 nitrogen and oxygen atoms in total. The highest BCUT2D eigenvalue weighted by Gasteiger charge is 2.35. The molecule has 35 heavy (non-hydrogen) atoms. The maximum Gasteiger partial charge on any atom is 0.328 e. The van der Waals surface area contributed by atoms with Gasteiger partial charge in [0.1, 0.15) is 11.5 Å². The Kier molecular flexibility index (Phi) is 10.3. The van der Waals surface area contributed by atoms with Crippen molar-refractivity contribution in [2.24, 2.45) is 0 Å². The zero-order chi connectivity index (χ0) is 26.0. The number of aryl methyl sites for hydroxylation is 1. The first-order chi connectivity index (χ1) is 16.5. The topological polar surface area (TPSA) is 120 Å². The molecule has 1 aromatic heterocycles. The lowest BCUT2D eigenvalue weighted by Crippen LogP contribution is -2.48.